The van der Waals surface area contributed by atoms with Crippen molar-refractivity contribution in [2.24, 2.45) is 5.73 Å². The van der Waals surface area contributed by atoms with Gasteiger partial charge in [0.1, 0.15) is 28.9 Å². The van der Waals surface area contributed by atoms with Gasteiger partial charge in [-0.3, -0.25) is 0 Å². The fourth-order valence-electron chi connectivity index (χ4n) is 4.17. The van der Waals surface area contributed by atoms with Crippen molar-refractivity contribution in [2.75, 3.05) is 20.8 Å². The van der Waals surface area contributed by atoms with Crippen LogP contribution in [-0.2, 0) is 0 Å². The average molecular weight is 501 g/mol. The van der Waals surface area contributed by atoms with Gasteiger partial charge in [0.15, 0.2) is 11.5 Å². The number of rotatable bonds is 9. The van der Waals surface area contributed by atoms with Gasteiger partial charge in [-0.05, 0) is 36.8 Å². The molecule has 3 aromatic carbocycles. The summed E-state index contributed by atoms with van der Waals surface area (Å²) in [5, 5.41) is 9.88. The first-order chi connectivity index (χ1) is 18.0. The molecule has 0 fully saturated rings. The molecular weight excluding hydrogens is 472 g/mol. The Hall–Kier alpha value is -4.64. The number of carbonyl (C=O) groups is 1. The largest absolute Gasteiger partial charge is 0.494 e. The van der Waals surface area contributed by atoms with E-state index in [0.717, 1.165) is 12.8 Å². The lowest BCUT2D eigenvalue weighted by atomic mass is 9.83. The molecule has 37 heavy (non-hydrogen) atoms. The van der Waals surface area contributed by atoms with Crippen molar-refractivity contribution in [1.29, 1.82) is 5.26 Å². The van der Waals surface area contributed by atoms with E-state index in [2.05, 4.69) is 13.0 Å². The Labute approximate surface area is 215 Å². The summed E-state index contributed by atoms with van der Waals surface area (Å²) >= 11 is 0. The molecule has 8 heteroatoms. The molecule has 0 spiro atoms. The van der Waals surface area contributed by atoms with Gasteiger partial charge in [0.2, 0.25) is 5.88 Å². The molecule has 2 N–H and O–H groups in total. The Balaban J connectivity index is 1.64. The van der Waals surface area contributed by atoms with Gasteiger partial charge >= 0.3 is 5.97 Å². The van der Waals surface area contributed by atoms with Gasteiger partial charge in [0.25, 0.3) is 0 Å². The van der Waals surface area contributed by atoms with E-state index >= 15 is 0 Å². The number of hydrogen-bond acceptors (Lipinski definition) is 8. The van der Waals surface area contributed by atoms with Crippen LogP contribution in [0.1, 0.15) is 47.2 Å². The van der Waals surface area contributed by atoms with Crippen molar-refractivity contribution in [3.63, 3.8) is 0 Å². The molecule has 0 amide bonds. The number of allylic oxidation sites excluding steroid dienone is 1. The number of methoxy groups -OCH3 is 2. The lowest BCUT2D eigenvalue weighted by molar-refractivity contribution is 0.0734. The van der Waals surface area contributed by atoms with Crippen molar-refractivity contribution in [1.82, 2.24) is 0 Å². The monoisotopic (exact) mass is 500 g/mol. The molecule has 1 aliphatic rings. The highest BCUT2D eigenvalue weighted by molar-refractivity contribution is 5.91. The van der Waals surface area contributed by atoms with E-state index in [1.54, 1.807) is 55.6 Å². The van der Waals surface area contributed by atoms with E-state index < -0.39 is 11.9 Å². The molecule has 1 heterocycles. The lowest BCUT2D eigenvalue weighted by Crippen LogP contribution is -2.21. The van der Waals surface area contributed by atoms with Gasteiger partial charge in [0, 0.05) is 17.2 Å². The summed E-state index contributed by atoms with van der Waals surface area (Å²) in [6, 6.07) is 19.4. The number of ether oxygens (including phenoxy) is 5. The van der Waals surface area contributed by atoms with Crippen molar-refractivity contribution >= 4 is 5.97 Å². The molecule has 1 aliphatic heterocycles. The number of carbonyl (C=O) groups excluding carboxylic acids is 1. The van der Waals surface area contributed by atoms with Crippen LogP contribution in [0.15, 0.2) is 72.1 Å². The Morgan fingerprint density at radius 3 is 2.57 bits per heavy atom. The molecule has 0 saturated heterocycles. The van der Waals surface area contributed by atoms with E-state index in [1.807, 2.05) is 12.1 Å². The molecule has 190 valence electrons. The summed E-state index contributed by atoms with van der Waals surface area (Å²) < 4.78 is 28.1. The number of unbranched alkanes of at least 4 members (excludes halogenated alkanes) is 1. The van der Waals surface area contributed by atoms with Crippen molar-refractivity contribution in [3.8, 4) is 34.8 Å². The quantitative estimate of drug-likeness (QED) is 0.239. The van der Waals surface area contributed by atoms with Crippen LogP contribution in [0.2, 0.25) is 0 Å². The smallest absolute Gasteiger partial charge is 0.343 e. The molecule has 4 rings (SSSR count). The molecule has 0 saturated carbocycles. The molecule has 1 atom stereocenters. The van der Waals surface area contributed by atoms with Gasteiger partial charge in [-0.1, -0.05) is 37.6 Å². The second-order valence-corrected chi connectivity index (χ2v) is 8.33. The molecule has 0 aromatic heterocycles. The summed E-state index contributed by atoms with van der Waals surface area (Å²) in [7, 11) is 3.08. The highest BCUT2D eigenvalue weighted by Crippen LogP contribution is 2.47. The molecule has 8 nitrogen and oxygen atoms in total. The summed E-state index contributed by atoms with van der Waals surface area (Å²) in [5.74, 6) is 1.11. The van der Waals surface area contributed by atoms with Gasteiger partial charge in [-0.25, -0.2) is 4.79 Å². The maximum Gasteiger partial charge on any atom is 0.343 e. The maximum atomic E-state index is 12.8. The van der Waals surface area contributed by atoms with E-state index in [9.17, 15) is 10.1 Å². The van der Waals surface area contributed by atoms with Crippen molar-refractivity contribution < 1.29 is 28.5 Å². The van der Waals surface area contributed by atoms with Crippen LogP contribution < -0.4 is 29.4 Å². The third kappa shape index (κ3) is 5.31. The van der Waals surface area contributed by atoms with Gasteiger partial charge in [0.05, 0.1) is 32.3 Å². The number of nitrogens with zero attached hydrogens (tertiary/aromatic N) is 1. The predicted octanol–water partition coefficient (Wildman–Crippen LogP) is 5.32. The topological polar surface area (TPSA) is 113 Å². The van der Waals surface area contributed by atoms with Crippen LogP contribution in [0, 0.1) is 11.3 Å². The van der Waals surface area contributed by atoms with Gasteiger partial charge in [-0.2, -0.15) is 5.26 Å². The third-order valence-electron chi connectivity index (χ3n) is 5.98. The molecule has 0 radical (unpaired) electrons. The summed E-state index contributed by atoms with van der Waals surface area (Å²) in [6.45, 7) is 2.66. The number of para-hydroxylation sites is 1. The lowest BCUT2D eigenvalue weighted by Gasteiger charge is -2.28. The second kappa shape index (κ2) is 11.4. The molecule has 0 bridgehead atoms. The predicted molar refractivity (Wildman–Crippen MR) is 137 cm³/mol. The zero-order chi connectivity index (χ0) is 26.4. The number of hydrogen-bond donors (Lipinski definition) is 1. The van der Waals surface area contributed by atoms with Gasteiger partial charge in [-0.15, -0.1) is 0 Å². The summed E-state index contributed by atoms with van der Waals surface area (Å²) in [6.07, 6.45) is 1.95. The van der Waals surface area contributed by atoms with E-state index in [4.69, 9.17) is 29.4 Å². The summed E-state index contributed by atoms with van der Waals surface area (Å²) in [4.78, 5) is 12.8. The Bertz CT molecular complexity index is 1380. The van der Waals surface area contributed by atoms with Crippen molar-refractivity contribution in [3.05, 3.63) is 88.8 Å². The highest BCUT2D eigenvalue weighted by Gasteiger charge is 2.33. The SMILES string of the molecule is CCCCOc1cccc(C(=O)Oc2ccc3c(c2)OC(N)=C(C#N)C3c2cccc(OC)c2OC)c1. The van der Waals surface area contributed by atoms with Crippen LogP contribution in [0.5, 0.6) is 28.7 Å². The minimum absolute atomic E-state index is 0.0368. The second-order valence-electron chi connectivity index (χ2n) is 8.33. The first-order valence-corrected chi connectivity index (χ1v) is 11.9. The van der Waals surface area contributed by atoms with Crippen LogP contribution in [0.4, 0.5) is 0 Å². The number of nitrogens with two attached hydrogens (primary N) is 1. The molecular formula is C29H28N2O6. The van der Waals surface area contributed by atoms with Crippen molar-refractivity contribution in [2.45, 2.75) is 25.7 Å². The van der Waals surface area contributed by atoms with Crippen LogP contribution in [-0.4, -0.2) is 26.8 Å². The maximum absolute atomic E-state index is 12.8. The number of nitriles is 1. The standard InChI is InChI=1S/C29H28N2O6/c1-4-5-14-35-19-9-6-8-18(15-19)29(32)36-20-12-13-21-25(16-20)37-28(31)23(17-30)26(21)22-10-7-11-24(33-2)27(22)34-3/h6-13,15-16,26H,4-5,14,31H2,1-3H3. The van der Waals surface area contributed by atoms with Crippen LogP contribution in [0.3, 0.4) is 0 Å². The minimum atomic E-state index is -0.569. The van der Waals surface area contributed by atoms with E-state index in [1.165, 1.54) is 7.11 Å². The Kier molecular flexibility index (Phi) is 7.84. The number of fused-ring (bicyclic) bond motifs is 1. The van der Waals surface area contributed by atoms with Crippen LogP contribution >= 0.6 is 0 Å². The van der Waals surface area contributed by atoms with Gasteiger partial charge < -0.3 is 29.4 Å². The number of esters is 1. The highest BCUT2D eigenvalue weighted by atomic mass is 16.5. The van der Waals surface area contributed by atoms with E-state index in [0.29, 0.717) is 46.3 Å². The first-order valence-electron chi connectivity index (χ1n) is 11.9. The molecule has 1 unspecified atom stereocenters. The zero-order valence-corrected chi connectivity index (χ0v) is 20.9. The molecule has 0 aliphatic carbocycles. The minimum Gasteiger partial charge on any atom is -0.494 e. The van der Waals surface area contributed by atoms with Crippen LogP contribution in [0.25, 0.3) is 0 Å². The fourth-order valence-corrected chi connectivity index (χ4v) is 4.17. The Morgan fingerprint density at radius 2 is 1.84 bits per heavy atom. The van der Waals surface area contributed by atoms with E-state index in [-0.39, 0.29) is 17.2 Å². The first kappa shape index (κ1) is 25.5. The zero-order valence-electron chi connectivity index (χ0n) is 20.9. The average Bonchev–Trinajstić information content (AvgIpc) is 2.92. The molecule has 3 aromatic rings. The fraction of sp³-hybridized carbons (Fsp3) is 0.241. The Morgan fingerprint density at radius 1 is 1.03 bits per heavy atom. The normalized spacial score (nSPS) is 14.2. The summed E-state index contributed by atoms with van der Waals surface area (Å²) in [5.41, 5.74) is 8.10. The number of benzene rings is 3. The third-order valence-corrected chi connectivity index (χ3v) is 5.98.